The van der Waals surface area contributed by atoms with Crippen molar-refractivity contribution in [3.8, 4) is 17.2 Å². The molecule has 0 saturated carbocycles. The molecular weight excluding hydrogens is 554 g/mol. The van der Waals surface area contributed by atoms with Gasteiger partial charge in [-0.15, -0.1) is 0 Å². The van der Waals surface area contributed by atoms with Crippen molar-refractivity contribution in [1.82, 2.24) is 0 Å². The maximum absolute atomic E-state index is 13.1. The van der Waals surface area contributed by atoms with Crippen molar-refractivity contribution in [2.75, 3.05) is 18.6 Å². The van der Waals surface area contributed by atoms with Crippen molar-refractivity contribution < 1.29 is 24.2 Å². The van der Waals surface area contributed by atoms with E-state index in [0.717, 1.165) is 5.56 Å². The number of ether oxygens (including phenoxy) is 2. The summed E-state index contributed by atoms with van der Waals surface area (Å²) in [5, 5.41) is 9.98. The number of hydrogen-bond acceptors (Lipinski definition) is 5. The molecule has 0 aliphatic heterocycles. The number of aryl methyl sites for hydroxylation is 2. The Hall–Kier alpha value is -2.84. The van der Waals surface area contributed by atoms with Gasteiger partial charge in [0.15, 0.2) is 5.75 Å². The van der Waals surface area contributed by atoms with E-state index >= 15 is 0 Å². The third-order valence-corrected chi connectivity index (χ3v) is 6.16. The fourth-order valence-electron chi connectivity index (χ4n) is 3.30. The van der Waals surface area contributed by atoms with Crippen LogP contribution in [0.5, 0.6) is 17.2 Å². The Morgan fingerprint density at radius 2 is 1.55 bits per heavy atom. The number of methoxy groups -OCH3 is 1. The van der Waals surface area contributed by atoms with Crippen LogP contribution in [0, 0.1) is 13.8 Å². The Kier molecular flexibility index (Phi) is 8.15. The summed E-state index contributed by atoms with van der Waals surface area (Å²) in [4.78, 5) is 26.4. The minimum Gasteiger partial charge on any atom is -0.507 e. The minimum absolute atomic E-state index is 0.0702. The fourth-order valence-corrected chi connectivity index (χ4v) is 4.74. The SMILES string of the molecule is COC(=O)CN(C(=O)Cc1cc(Br)c(Oc2cc(C)c(O)c(C)c2)c(Br)c1)c1ccccc1. The Morgan fingerprint density at radius 1 is 0.970 bits per heavy atom. The van der Waals surface area contributed by atoms with Crippen LogP contribution in [-0.4, -0.2) is 30.6 Å². The third-order valence-electron chi connectivity index (χ3n) is 4.98. The molecular formula is C25H23Br2NO5. The van der Waals surface area contributed by atoms with Gasteiger partial charge in [0.2, 0.25) is 5.91 Å². The molecule has 0 heterocycles. The number of nitrogens with zero attached hydrogens (tertiary/aromatic N) is 1. The lowest BCUT2D eigenvalue weighted by Crippen LogP contribution is -2.37. The van der Waals surface area contributed by atoms with E-state index in [9.17, 15) is 14.7 Å². The van der Waals surface area contributed by atoms with Crippen LogP contribution in [0.4, 0.5) is 5.69 Å². The third kappa shape index (κ3) is 6.15. The quantitative estimate of drug-likeness (QED) is 0.345. The summed E-state index contributed by atoms with van der Waals surface area (Å²) < 4.78 is 12.1. The molecule has 0 spiro atoms. The van der Waals surface area contributed by atoms with Gasteiger partial charge in [-0.2, -0.15) is 0 Å². The first kappa shape index (κ1) is 24.8. The highest BCUT2D eigenvalue weighted by Gasteiger charge is 2.21. The van der Waals surface area contributed by atoms with E-state index < -0.39 is 5.97 Å². The van der Waals surface area contributed by atoms with E-state index in [4.69, 9.17) is 9.47 Å². The highest BCUT2D eigenvalue weighted by Crippen LogP contribution is 2.39. The molecule has 33 heavy (non-hydrogen) atoms. The molecule has 6 nitrogen and oxygen atoms in total. The molecule has 0 saturated heterocycles. The largest absolute Gasteiger partial charge is 0.507 e. The standard InChI is InChI=1S/C25H23Br2NO5/c1-15-9-19(10-16(2)24(15)31)33-25-20(26)11-17(12-21(25)27)13-22(29)28(14-23(30)32-3)18-7-5-4-6-8-18/h4-12,31H,13-14H2,1-3H3. The molecule has 0 bridgehead atoms. The van der Waals surface area contributed by atoms with Crippen LogP contribution in [0.15, 0.2) is 63.5 Å². The van der Waals surface area contributed by atoms with Gasteiger partial charge in [-0.05, 0) is 98.8 Å². The molecule has 0 aromatic heterocycles. The zero-order chi connectivity index (χ0) is 24.1. The summed E-state index contributed by atoms with van der Waals surface area (Å²) in [6.07, 6.45) is 0.0702. The van der Waals surface area contributed by atoms with Gasteiger partial charge in [-0.3, -0.25) is 9.59 Å². The van der Waals surface area contributed by atoms with E-state index in [0.29, 0.717) is 37.3 Å². The lowest BCUT2D eigenvalue weighted by molar-refractivity contribution is -0.140. The number of hydrogen-bond donors (Lipinski definition) is 1. The van der Waals surface area contributed by atoms with Crippen LogP contribution >= 0.6 is 31.9 Å². The molecule has 3 aromatic carbocycles. The number of carbonyl (C=O) groups excluding carboxylic acids is 2. The summed E-state index contributed by atoms with van der Waals surface area (Å²) >= 11 is 7.05. The maximum Gasteiger partial charge on any atom is 0.325 e. The second-order valence-corrected chi connectivity index (χ2v) is 9.17. The maximum atomic E-state index is 13.1. The summed E-state index contributed by atoms with van der Waals surface area (Å²) in [7, 11) is 1.29. The molecule has 0 unspecified atom stereocenters. The van der Waals surface area contributed by atoms with Crippen molar-refractivity contribution in [2.24, 2.45) is 0 Å². The predicted octanol–water partition coefficient (Wildman–Crippen LogP) is 6.08. The van der Waals surface area contributed by atoms with Crippen LogP contribution in [0.1, 0.15) is 16.7 Å². The van der Waals surface area contributed by atoms with E-state index in [-0.39, 0.29) is 24.6 Å². The normalized spacial score (nSPS) is 10.6. The molecule has 3 aromatic rings. The molecule has 1 N–H and O–H groups in total. The lowest BCUT2D eigenvalue weighted by Gasteiger charge is -2.22. The highest BCUT2D eigenvalue weighted by atomic mass is 79.9. The number of halogens is 2. The van der Waals surface area contributed by atoms with Crippen molar-refractivity contribution in [3.05, 3.63) is 80.2 Å². The molecule has 8 heteroatoms. The lowest BCUT2D eigenvalue weighted by atomic mass is 10.1. The number of carbonyl (C=O) groups is 2. The first-order valence-corrected chi connectivity index (χ1v) is 11.7. The van der Waals surface area contributed by atoms with Crippen molar-refractivity contribution in [1.29, 1.82) is 0 Å². The summed E-state index contributed by atoms with van der Waals surface area (Å²) in [5.74, 6) is 0.623. The average molecular weight is 577 g/mol. The van der Waals surface area contributed by atoms with Gasteiger partial charge in [0.1, 0.15) is 18.0 Å². The van der Waals surface area contributed by atoms with Gasteiger partial charge in [-0.25, -0.2) is 0 Å². The van der Waals surface area contributed by atoms with Gasteiger partial charge in [0.05, 0.1) is 22.5 Å². The van der Waals surface area contributed by atoms with Gasteiger partial charge in [0.25, 0.3) is 0 Å². The highest BCUT2D eigenvalue weighted by molar-refractivity contribution is 9.11. The second-order valence-electron chi connectivity index (χ2n) is 7.46. The Bertz CT molecular complexity index is 1130. The zero-order valence-electron chi connectivity index (χ0n) is 18.4. The van der Waals surface area contributed by atoms with Gasteiger partial charge in [0, 0.05) is 5.69 Å². The Labute approximate surface area is 209 Å². The monoisotopic (exact) mass is 575 g/mol. The number of esters is 1. The average Bonchev–Trinajstić information content (AvgIpc) is 2.78. The van der Waals surface area contributed by atoms with E-state index in [2.05, 4.69) is 31.9 Å². The van der Waals surface area contributed by atoms with Crippen LogP contribution in [0.2, 0.25) is 0 Å². The topological polar surface area (TPSA) is 76.1 Å². The van der Waals surface area contributed by atoms with E-state index in [1.54, 1.807) is 62.4 Å². The first-order chi connectivity index (χ1) is 15.7. The minimum atomic E-state index is -0.502. The van der Waals surface area contributed by atoms with Gasteiger partial charge < -0.3 is 19.5 Å². The molecule has 0 radical (unpaired) electrons. The number of anilines is 1. The Morgan fingerprint density at radius 3 is 2.09 bits per heavy atom. The first-order valence-electron chi connectivity index (χ1n) is 10.1. The van der Waals surface area contributed by atoms with Crippen LogP contribution in [-0.2, 0) is 20.7 Å². The number of aromatic hydroxyl groups is 1. The summed E-state index contributed by atoms with van der Waals surface area (Å²) in [6.45, 7) is 3.43. The van der Waals surface area contributed by atoms with E-state index in [1.165, 1.54) is 12.0 Å². The second kappa shape index (κ2) is 10.9. The molecule has 0 aliphatic rings. The Balaban J connectivity index is 1.84. The number of amides is 1. The number of rotatable bonds is 7. The number of para-hydroxylation sites is 1. The summed E-state index contributed by atoms with van der Waals surface area (Å²) in [5.41, 5.74) is 2.77. The molecule has 0 atom stereocenters. The van der Waals surface area contributed by atoms with Gasteiger partial charge in [-0.1, -0.05) is 18.2 Å². The van der Waals surface area contributed by atoms with E-state index in [1.807, 2.05) is 6.07 Å². The number of phenols is 1. The van der Waals surface area contributed by atoms with Gasteiger partial charge >= 0.3 is 5.97 Å². The molecule has 0 fully saturated rings. The fraction of sp³-hybridized carbons (Fsp3) is 0.200. The predicted molar refractivity (Wildman–Crippen MR) is 134 cm³/mol. The number of phenolic OH excluding ortho intramolecular Hbond substituents is 1. The smallest absolute Gasteiger partial charge is 0.325 e. The van der Waals surface area contributed by atoms with Crippen LogP contribution < -0.4 is 9.64 Å². The van der Waals surface area contributed by atoms with Crippen molar-refractivity contribution in [3.63, 3.8) is 0 Å². The summed E-state index contributed by atoms with van der Waals surface area (Å²) in [6, 6.07) is 16.1. The zero-order valence-corrected chi connectivity index (χ0v) is 21.6. The van der Waals surface area contributed by atoms with Crippen LogP contribution in [0.25, 0.3) is 0 Å². The molecule has 0 aliphatic carbocycles. The van der Waals surface area contributed by atoms with Crippen molar-refractivity contribution in [2.45, 2.75) is 20.3 Å². The molecule has 172 valence electrons. The van der Waals surface area contributed by atoms with Crippen molar-refractivity contribution >= 4 is 49.4 Å². The number of benzene rings is 3. The molecule has 3 rings (SSSR count). The van der Waals surface area contributed by atoms with Crippen LogP contribution in [0.3, 0.4) is 0 Å². The molecule has 1 amide bonds.